The van der Waals surface area contributed by atoms with Crippen molar-refractivity contribution in [3.8, 4) is 11.5 Å². The number of carboxylic acids is 1. The minimum Gasteiger partial charge on any atom is -0.481 e. The van der Waals surface area contributed by atoms with Gasteiger partial charge in [-0.05, 0) is 51.0 Å². The summed E-state index contributed by atoms with van der Waals surface area (Å²) < 4.78 is 5.39. The number of hydrogen-bond donors (Lipinski definition) is 2. The van der Waals surface area contributed by atoms with Gasteiger partial charge in [0, 0.05) is 4.88 Å². The third-order valence-corrected chi connectivity index (χ3v) is 6.40. The second-order valence-corrected chi connectivity index (χ2v) is 8.13. The molecule has 0 fully saturated rings. The van der Waals surface area contributed by atoms with E-state index in [2.05, 4.69) is 15.5 Å². The Labute approximate surface area is 160 Å². The van der Waals surface area contributed by atoms with E-state index in [0.717, 1.165) is 31.2 Å². The van der Waals surface area contributed by atoms with Crippen LogP contribution in [0.2, 0.25) is 0 Å². The van der Waals surface area contributed by atoms with E-state index in [1.165, 1.54) is 10.4 Å². The molecule has 1 amide bonds. The second kappa shape index (κ2) is 7.26. The van der Waals surface area contributed by atoms with Crippen molar-refractivity contribution in [3.05, 3.63) is 28.4 Å². The number of carboxylic acid groups (broad SMARTS) is 1. The highest BCUT2D eigenvalue weighted by Crippen LogP contribution is 2.44. The summed E-state index contributed by atoms with van der Waals surface area (Å²) in [4.78, 5) is 30.0. The van der Waals surface area contributed by atoms with Crippen LogP contribution in [0.3, 0.4) is 0 Å². The fourth-order valence-corrected chi connectivity index (χ4v) is 5.15. The first-order chi connectivity index (χ1) is 13.0. The molecule has 0 aliphatic heterocycles. The van der Waals surface area contributed by atoms with Gasteiger partial charge in [0.05, 0.1) is 17.4 Å². The number of fused-ring (bicyclic) bond motifs is 1. The van der Waals surface area contributed by atoms with Crippen LogP contribution in [0.25, 0.3) is 11.5 Å². The molecule has 0 unspecified atom stereocenters. The number of nitrogens with zero attached hydrogens (tertiary/aromatic N) is 2. The van der Waals surface area contributed by atoms with Crippen molar-refractivity contribution in [1.82, 2.24) is 10.1 Å². The van der Waals surface area contributed by atoms with E-state index >= 15 is 0 Å². The van der Waals surface area contributed by atoms with E-state index in [0.29, 0.717) is 29.6 Å². The molecular weight excluding hydrogens is 366 g/mol. The molecule has 4 rings (SSSR count). The molecule has 0 bridgehead atoms. The number of aromatic nitrogens is 2. The van der Waals surface area contributed by atoms with Crippen LogP contribution in [-0.2, 0) is 22.4 Å². The molecule has 0 saturated heterocycles. The van der Waals surface area contributed by atoms with Gasteiger partial charge in [0.15, 0.2) is 5.82 Å². The number of allylic oxidation sites excluding steroid dienone is 1. The predicted molar refractivity (Wildman–Crippen MR) is 101 cm³/mol. The normalized spacial score (nSPS) is 21.7. The fraction of sp³-hybridized carbons (Fsp3) is 0.474. The SMILES string of the molecule is Cc1noc(-c2c(NC(=O)[C@@H]3CCC=C[C@@H]3C(=O)O)sc3c2CCCC3)n1. The van der Waals surface area contributed by atoms with Gasteiger partial charge < -0.3 is 14.9 Å². The standard InChI is InChI=1S/C19H21N3O4S/c1-10-20-17(26-22-10)15-13-8-4-5-9-14(13)27-18(15)21-16(23)11-6-2-3-7-12(11)19(24)25/h3,7,11-12H,2,4-6,8-9H2,1H3,(H,21,23)(H,24,25)/t11-,12+/m1/s1. The zero-order valence-electron chi connectivity index (χ0n) is 15.0. The highest BCUT2D eigenvalue weighted by atomic mass is 32.1. The number of aliphatic carboxylic acids is 1. The lowest BCUT2D eigenvalue weighted by Crippen LogP contribution is -2.34. The van der Waals surface area contributed by atoms with E-state index in [-0.39, 0.29) is 5.91 Å². The highest BCUT2D eigenvalue weighted by Gasteiger charge is 2.35. The predicted octanol–water partition coefficient (Wildman–Crippen LogP) is 3.59. The number of nitrogens with one attached hydrogen (secondary N) is 1. The molecule has 2 aliphatic rings. The molecule has 8 heteroatoms. The van der Waals surface area contributed by atoms with Gasteiger partial charge in [-0.15, -0.1) is 11.3 Å². The molecule has 2 atom stereocenters. The van der Waals surface area contributed by atoms with Gasteiger partial charge in [-0.3, -0.25) is 9.59 Å². The van der Waals surface area contributed by atoms with E-state index in [1.54, 1.807) is 24.3 Å². The van der Waals surface area contributed by atoms with Crippen molar-refractivity contribution in [2.45, 2.75) is 45.4 Å². The molecule has 2 heterocycles. The maximum Gasteiger partial charge on any atom is 0.311 e. The number of amides is 1. The van der Waals surface area contributed by atoms with Gasteiger partial charge >= 0.3 is 5.97 Å². The maximum absolute atomic E-state index is 12.9. The van der Waals surface area contributed by atoms with Crippen molar-refractivity contribution < 1.29 is 19.2 Å². The molecule has 2 aromatic heterocycles. The largest absolute Gasteiger partial charge is 0.481 e. The molecule has 2 N–H and O–H groups in total. The molecular formula is C19H21N3O4S. The fourth-order valence-electron chi connectivity index (χ4n) is 3.86. The number of hydrogen-bond acceptors (Lipinski definition) is 6. The number of aryl methyl sites for hydroxylation is 2. The van der Waals surface area contributed by atoms with Crippen molar-refractivity contribution >= 4 is 28.2 Å². The van der Waals surface area contributed by atoms with Crippen LogP contribution in [0, 0.1) is 18.8 Å². The first-order valence-corrected chi connectivity index (χ1v) is 10.0. The topological polar surface area (TPSA) is 105 Å². The van der Waals surface area contributed by atoms with E-state index < -0.39 is 17.8 Å². The second-order valence-electron chi connectivity index (χ2n) is 7.03. The molecule has 142 valence electrons. The Hall–Kier alpha value is -2.48. The maximum atomic E-state index is 12.9. The van der Waals surface area contributed by atoms with Crippen LogP contribution in [0.1, 0.15) is 41.9 Å². The number of carbonyl (C=O) groups excluding carboxylic acids is 1. The first-order valence-electron chi connectivity index (χ1n) is 9.20. The summed E-state index contributed by atoms with van der Waals surface area (Å²) in [6, 6.07) is 0. The van der Waals surface area contributed by atoms with Gasteiger partial charge in [0.2, 0.25) is 5.91 Å². The lowest BCUT2D eigenvalue weighted by atomic mass is 9.83. The number of rotatable bonds is 4. The van der Waals surface area contributed by atoms with Crippen LogP contribution in [-0.4, -0.2) is 27.1 Å². The molecule has 0 radical (unpaired) electrons. The Morgan fingerprint density at radius 2 is 2.15 bits per heavy atom. The monoisotopic (exact) mass is 387 g/mol. The summed E-state index contributed by atoms with van der Waals surface area (Å²) >= 11 is 1.54. The van der Waals surface area contributed by atoms with Crippen molar-refractivity contribution in [2.24, 2.45) is 11.8 Å². The molecule has 27 heavy (non-hydrogen) atoms. The van der Waals surface area contributed by atoms with Gasteiger partial charge in [0.1, 0.15) is 5.00 Å². The minimum absolute atomic E-state index is 0.261. The summed E-state index contributed by atoms with van der Waals surface area (Å²) in [7, 11) is 0. The summed E-state index contributed by atoms with van der Waals surface area (Å²) in [5, 5.41) is 17.0. The zero-order valence-corrected chi connectivity index (χ0v) is 15.8. The van der Waals surface area contributed by atoms with Gasteiger partial charge in [-0.1, -0.05) is 17.3 Å². The first kappa shape index (κ1) is 17.9. The Bertz CT molecular complexity index is 914. The summed E-state index contributed by atoms with van der Waals surface area (Å²) in [6.45, 7) is 1.76. The number of anilines is 1. The van der Waals surface area contributed by atoms with Crippen molar-refractivity contribution in [3.63, 3.8) is 0 Å². The average molecular weight is 387 g/mol. The minimum atomic E-state index is -0.968. The molecule has 7 nitrogen and oxygen atoms in total. The van der Waals surface area contributed by atoms with Crippen LogP contribution in [0.4, 0.5) is 5.00 Å². The Kier molecular flexibility index (Phi) is 4.82. The van der Waals surface area contributed by atoms with Crippen LogP contribution < -0.4 is 5.32 Å². The quantitative estimate of drug-likeness (QED) is 0.777. The number of carbonyl (C=O) groups is 2. The lowest BCUT2D eigenvalue weighted by Gasteiger charge is -2.23. The van der Waals surface area contributed by atoms with Crippen LogP contribution >= 0.6 is 11.3 Å². The van der Waals surface area contributed by atoms with Crippen molar-refractivity contribution in [1.29, 1.82) is 0 Å². The third-order valence-electron chi connectivity index (χ3n) is 5.19. The smallest absolute Gasteiger partial charge is 0.311 e. The van der Waals surface area contributed by atoms with Crippen LogP contribution in [0.5, 0.6) is 0 Å². The molecule has 0 aromatic carbocycles. The summed E-state index contributed by atoms with van der Waals surface area (Å²) in [5.74, 6) is -1.64. The highest BCUT2D eigenvalue weighted by molar-refractivity contribution is 7.17. The van der Waals surface area contributed by atoms with E-state index in [9.17, 15) is 14.7 Å². The molecule has 2 aromatic rings. The van der Waals surface area contributed by atoms with Crippen molar-refractivity contribution in [2.75, 3.05) is 5.32 Å². The zero-order chi connectivity index (χ0) is 19.0. The Morgan fingerprint density at radius 3 is 2.89 bits per heavy atom. The summed E-state index contributed by atoms with van der Waals surface area (Å²) in [5.41, 5.74) is 1.98. The van der Waals surface area contributed by atoms with Gasteiger partial charge in [-0.25, -0.2) is 0 Å². The average Bonchev–Trinajstić information content (AvgIpc) is 3.24. The van der Waals surface area contributed by atoms with Crippen LogP contribution in [0.15, 0.2) is 16.7 Å². The summed E-state index contributed by atoms with van der Waals surface area (Å²) in [6.07, 6.45) is 8.79. The van der Waals surface area contributed by atoms with E-state index in [4.69, 9.17) is 4.52 Å². The lowest BCUT2D eigenvalue weighted by molar-refractivity contribution is -0.144. The molecule has 0 spiro atoms. The van der Waals surface area contributed by atoms with Gasteiger partial charge in [-0.2, -0.15) is 4.98 Å². The molecule has 0 saturated carbocycles. The number of thiophene rings is 1. The van der Waals surface area contributed by atoms with E-state index in [1.807, 2.05) is 6.08 Å². The Morgan fingerprint density at radius 1 is 1.33 bits per heavy atom. The van der Waals surface area contributed by atoms with Gasteiger partial charge in [0.25, 0.3) is 5.89 Å². The molecule has 2 aliphatic carbocycles. The Balaban J connectivity index is 1.67. The third kappa shape index (κ3) is 3.41.